The van der Waals surface area contributed by atoms with Crippen LogP contribution in [0.5, 0.6) is 0 Å². The highest BCUT2D eigenvalue weighted by atomic mass is 28.3. The van der Waals surface area contributed by atoms with Crippen molar-refractivity contribution in [3.8, 4) is 22.4 Å². The van der Waals surface area contributed by atoms with Gasteiger partial charge in [-0.15, -0.1) is 0 Å². The third kappa shape index (κ3) is 10.2. The monoisotopic (exact) mass is 796 g/mol. The van der Waals surface area contributed by atoms with E-state index in [2.05, 4.69) is 82.0 Å². The Morgan fingerprint density at radius 2 is 1.48 bits per heavy atom. The van der Waals surface area contributed by atoms with Crippen molar-refractivity contribution in [3.63, 3.8) is 0 Å². The quantitative estimate of drug-likeness (QED) is 0.0667. The standard InChI is InChI=1S/C44H64N6O4Si2/c1-31(2)39-40(34-25-35-18-19-36(26-34)49(35)43(51)54-44(3,4)5)47-41-37(33-17-20-38(45-27-33)32-15-13-12-14-16-32)28-46-50(41)42(39)48(29-52-21-23-55(6,7)8)30-53-22-24-56(9,10)11/h12-17,20,27-28,34-36H,1,18-19,21-26,29-30H2,2-11H3/t34-,35+,36-. The van der Waals surface area contributed by atoms with Crippen molar-refractivity contribution in [1.82, 2.24) is 24.5 Å². The van der Waals surface area contributed by atoms with E-state index < -0.39 is 21.7 Å². The molecule has 302 valence electrons. The summed E-state index contributed by atoms with van der Waals surface area (Å²) in [5.74, 6) is 0.978. The first kappa shape index (κ1) is 41.8. The van der Waals surface area contributed by atoms with Crippen LogP contribution in [0.3, 0.4) is 0 Å². The summed E-state index contributed by atoms with van der Waals surface area (Å²) in [7, 11) is -2.63. The molecule has 5 heterocycles. The van der Waals surface area contributed by atoms with Crippen LogP contribution in [0.1, 0.15) is 70.6 Å². The molecular weight excluding hydrogens is 733 g/mol. The van der Waals surface area contributed by atoms with Gasteiger partial charge in [0.25, 0.3) is 0 Å². The third-order valence-electron chi connectivity index (χ3n) is 10.7. The molecule has 2 aliphatic heterocycles. The Kier molecular flexibility index (Phi) is 12.6. The van der Waals surface area contributed by atoms with Gasteiger partial charge in [-0.25, -0.2) is 9.78 Å². The molecule has 1 aromatic carbocycles. The Balaban J connectivity index is 1.45. The Labute approximate surface area is 336 Å². The third-order valence-corrected chi connectivity index (χ3v) is 14.1. The molecule has 4 aromatic rings. The zero-order chi connectivity index (χ0) is 40.4. The molecule has 0 spiro atoms. The molecule has 1 amide bonds. The van der Waals surface area contributed by atoms with Gasteiger partial charge in [0, 0.05) is 75.8 Å². The maximum Gasteiger partial charge on any atom is 0.410 e. The van der Waals surface area contributed by atoms with E-state index in [1.165, 1.54) is 0 Å². The van der Waals surface area contributed by atoms with E-state index >= 15 is 0 Å². The summed E-state index contributed by atoms with van der Waals surface area (Å²) in [6.07, 6.45) is 7.12. The maximum absolute atomic E-state index is 13.5. The summed E-state index contributed by atoms with van der Waals surface area (Å²) >= 11 is 0. The molecule has 3 aromatic heterocycles. The number of fused-ring (bicyclic) bond motifs is 3. The fourth-order valence-electron chi connectivity index (χ4n) is 7.81. The van der Waals surface area contributed by atoms with E-state index in [0.29, 0.717) is 26.7 Å². The number of benzene rings is 1. The lowest BCUT2D eigenvalue weighted by Crippen LogP contribution is -2.48. The van der Waals surface area contributed by atoms with Crippen LogP contribution in [0.15, 0.2) is 61.4 Å². The van der Waals surface area contributed by atoms with E-state index in [9.17, 15) is 4.79 Å². The highest BCUT2D eigenvalue weighted by Crippen LogP contribution is 2.47. The van der Waals surface area contributed by atoms with Crippen LogP contribution < -0.4 is 4.90 Å². The molecule has 6 rings (SSSR count). The van der Waals surface area contributed by atoms with Gasteiger partial charge < -0.3 is 24.0 Å². The lowest BCUT2D eigenvalue weighted by Gasteiger charge is -2.40. The molecule has 12 heteroatoms. The van der Waals surface area contributed by atoms with Gasteiger partial charge in [-0.1, -0.05) is 82.3 Å². The van der Waals surface area contributed by atoms with Crippen molar-refractivity contribution in [1.29, 1.82) is 0 Å². The molecule has 2 saturated heterocycles. The van der Waals surface area contributed by atoms with E-state index in [4.69, 9.17) is 29.3 Å². The molecule has 0 unspecified atom stereocenters. The average molecular weight is 797 g/mol. The van der Waals surface area contributed by atoms with Gasteiger partial charge in [-0.2, -0.15) is 9.61 Å². The number of pyridine rings is 1. The average Bonchev–Trinajstić information content (AvgIpc) is 3.66. The largest absolute Gasteiger partial charge is 0.444 e. The number of piperidine rings is 1. The van der Waals surface area contributed by atoms with Crippen LogP contribution in [0.2, 0.25) is 51.4 Å². The maximum atomic E-state index is 13.5. The molecule has 0 radical (unpaired) electrons. The summed E-state index contributed by atoms with van der Waals surface area (Å²) in [5.41, 5.74) is 6.90. The predicted octanol–water partition coefficient (Wildman–Crippen LogP) is 10.6. The SMILES string of the molecule is C=C(C)c1c([C@H]2C[C@H]3CC[C@@H](C2)N3C(=O)OC(C)(C)C)nc2c(-c3ccc(-c4ccccc4)nc3)cnn2c1N(COCC[Si](C)(C)C)COCC[Si](C)(C)C. The molecule has 0 N–H and O–H groups in total. The molecule has 3 atom stereocenters. The topological polar surface area (TPSA) is 94.3 Å². The zero-order valence-electron chi connectivity index (χ0n) is 35.5. The van der Waals surface area contributed by atoms with Crippen molar-refractivity contribution in [3.05, 3.63) is 72.7 Å². The number of allylic oxidation sites excluding steroid dienone is 1. The van der Waals surface area contributed by atoms with Gasteiger partial charge in [0.05, 0.1) is 17.6 Å². The molecule has 56 heavy (non-hydrogen) atoms. The van der Waals surface area contributed by atoms with Crippen LogP contribution in [0, 0.1) is 0 Å². The summed E-state index contributed by atoms with van der Waals surface area (Å²) in [4.78, 5) is 28.1. The number of amides is 1. The number of anilines is 1. The molecular formula is C44H64N6O4Si2. The predicted molar refractivity (Wildman–Crippen MR) is 234 cm³/mol. The van der Waals surface area contributed by atoms with E-state index in [1.807, 2.05) is 60.8 Å². The van der Waals surface area contributed by atoms with Gasteiger partial charge >= 0.3 is 6.09 Å². The van der Waals surface area contributed by atoms with Gasteiger partial charge in [0.1, 0.15) is 24.9 Å². The van der Waals surface area contributed by atoms with Crippen LogP contribution >= 0.6 is 0 Å². The summed E-state index contributed by atoms with van der Waals surface area (Å²) < 4.78 is 20.9. The van der Waals surface area contributed by atoms with Crippen molar-refractivity contribution in [2.75, 3.05) is 31.6 Å². The Morgan fingerprint density at radius 1 is 0.875 bits per heavy atom. The van der Waals surface area contributed by atoms with Crippen molar-refractivity contribution in [2.45, 2.75) is 128 Å². The number of carbonyl (C=O) groups is 1. The minimum atomic E-state index is -1.31. The van der Waals surface area contributed by atoms with Crippen LogP contribution in [-0.2, 0) is 14.2 Å². The van der Waals surface area contributed by atoms with E-state index in [-0.39, 0.29) is 24.1 Å². The van der Waals surface area contributed by atoms with E-state index in [1.54, 1.807) is 0 Å². The van der Waals surface area contributed by atoms with Crippen molar-refractivity contribution < 1.29 is 19.0 Å². The Hall–Kier alpha value is -3.85. The van der Waals surface area contributed by atoms with E-state index in [0.717, 1.165) is 88.5 Å². The van der Waals surface area contributed by atoms with Crippen LogP contribution in [0.25, 0.3) is 33.6 Å². The Morgan fingerprint density at radius 3 is 2.00 bits per heavy atom. The normalized spacial score (nSPS) is 18.8. The number of hydrogen-bond donors (Lipinski definition) is 0. The number of hydrogen-bond acceptors (Lipinski definition) is 8. The van der Waals surface area contributed by atoms with Crippen LogP contribution in [-0.4, -0.2) is 91.1 Å². The second-order valence-corrected chi connectivity index (χ2v) is 30.5. The number of aromatic nitrogens is 4. The zero-order valence-corrected chi connectivity index (χ0v) is 37.5. The number of rotatable bonds is 15. The number of ether oxygens (including phenoxy) is 3. The lowest BCUT2D eigenvalue weighted by atomic mass is 9.85. The molecule has 0 saturated carbocycles. The molecule has 2 bridgehead atoms. The highest BCUT2D eigenvalue weighted by Gasteiger charge is 2.46. The second-order valence-electron chi connectivity index (χ2n) is 19.2. The van der Waals surface area contributed by atoms with Gasteiger partial charge in [-0.3, -0.25) is 4.98 Å². The molecule has 2 fully saturated rings. The van der Waals surface area contributed by atoms with Crippen molar-refractivity contribution in [2.24, 2.45) is 0 Å². The first-order chi connectivity index (χ1) is 26.4. The van der Waals surface area contributed by atoms with Crippen LogP contribution in [0.4, 0.5) is 10.6 Å². The van der Waals surface area contributed by atoms with Crippen molar-refractivity contribution >= 4 is 39.3 Å². The van der Waals surface area contributed by atoms with Gasteiger partial charge in [-0.05, 0) is 77.1 Å². The fourth-order valence-corrected chi connectivity index (χ4v) is 9.32. The first-order valence-electron chi connectivity index (χ1n) is 20.4. The fraction of sp³-hybridized carbons (Fsp3) is 0.545. The first-order valence-corrected chi connectivity index (χ1v) is 27.8. The summed E-state index contributed by atoms with van der Waals surface area (Å²) in [6.45, 7) is 28.7. The Bertz CT molecular complexity index is 1950. The smallest absolute Gasteiger partial charge is 0.410 e. The highest BCUT2D eigenvalue weighted by molar-refractivity contribution is 6.76. The number of carbonyl (C=O) groups excluding carboxylic acids is 1. The van der Waals surface area contributed by atoms with Gasteiger partial charge in [0.2, 0.25) is 0 Å². The molecule has 2 aliphatic rings. The summed E-state index contributed by atoms with van der Waals surface area (Å²) in [5, 5.41) is 5.05. The number of nitrogens with zero attached hydrogens (tertiary/aromatic N) is 6. The summed E-state index contributed by atoms with van der Waals surface area (Å²) in [6, 6.07) is 16.7. The minimum Gasteiger partial charge on any atom is -0.444 e. The second kappa shape index (κ2) is 16.9. The lowest BCUT2D eigenvalue weighted by molar-refractivity contribution is 0.00568. The minimum absolute atomic E-state index is 0.0815. The molecule has 0 aliphatic carbocycles. The van der Waals surface area contributed by atoms with Gasteiger partial charge in [0.15, 0.2) is 5.65 Å². The molecule has 10 nitrogen and oxygen atoms in total.